The van der Waals surface area contributed by atoms with Gasteiger partial charge in [-0.1, -0.05) is 89.7 Å². The topological polar surface area (TPSA) is 79.1 Å². The normalized spacial score (nSPS) is 14.7. The number of thiazole rings is 1. The van der Waals surface area contributed by atoms with Crippen LogP contribution in [-0.4, -0.2) is 23.8 Å². The van der Waals surface area contributed by atoms with Gasteiger partial charge < -0.3 is 14.2 Å². The summed E-state index contributed by atoms with van der Waals surface area (Å²) in [6.45, 7) is 8.55. The minimum atomic E-state index is -0.646. The van der Waals surface area contributed by atoms with Crippen molar-refractivity contribution in [2.24, 2.45) is 4.99 Å². The molecule has 5 aromatic rings. The van der Waals surface area contributed by atoms with Gasteiger partial charge in [0.05, 0.1) is 35.1 Å². The van der Waals surface area contributed by atoms with Crippen LogP contribution in [0.4, 0.5) is 0 Å². The van der Waals surface area contributed by atoms with Crippen LogP contribution in [0.5, 0.6) is 11.5 Å². The molecule has 1 aromatic heterocycles. The lowest BCUT2D eigenvalue weighted by atomic mass is 9.95. The van der Waals surface area contributed by atoms with Gasteiger partial charge in [-0.15, -0.1) is 0 Å². The molecule has 7 nitrogen and oxygen atoms in total. The van der Waals surface area contributed by atoms with Crippen LogP contribution in [0.2, 0.25) is 0 Å². The van der Waals surface area contributed by atoms with Gasteiger partial charge in [0.2, 0.25) is 0 Å². The Bertz CT molecular complexity index is 2100. The SMILES string of the molecule is CCOC(=O)C1=C(C)N=c2s/c(=C\c3ccc(OCc4cccc5ccccc45)c(OCC)c3)c(=O)n2[C@@H]1c1ccc(C)cc1. The lowest BCUT2D eigenvalue weighted by molar-refractivity contribution is -0.139. The van der Waals surface area contributed by atoms with E-state index in [2.05, 4.69) is 29.3 Å². The molecule has 8 heteroatoms. The van der Waals surface area contributed by atoms with Gasteiger partial charge in [0, 0.05) is 0 Å². The third-order valence-electron chi connectivity index (χ3n) is 7.74. The lowest BCUT2D eigenvalue weighted by Gasteiger charge is -2.24. The molecule has 4 aromatic carbocycles. The summed E-state index contributed by atoms with van der Waals surface area (Å²) in [4.78, 5) is 32.3. The summed E-state index contributed by atoms with van der Waals surface area (Å²) in [5, 5.41) is 2.31. The van der Waals surface area contributed by atoms with Crippen molar-refractivity contribution in [3.8, 4) is 11.5 Å². The molecule has 1 aliphatic rings. The zero-order chi connectivity index (χ0) is 31.5. The van der Waals surface area contributed by atoms with Gasteiger partial charge in [0.1, 0.15) is 6.61 Å². The number of aryl methyl sites for hydroxylation is 1. The number of nitrogens with zero attached hydrogens (tertiary/aromatic N) is 2. The molecule has 45 heavy (non-hydrogen) atoms. The van der Waals surface area contributed by atoms with Crippen molar-refractivity contribution in [1.82, 2.24) is 4.57 Å². The van der Waals surface area contributed by atoms with Crippen molar-refractivity contribution in [3.05, 3.63) is 138 Å². The second-order valence-corrected chi connectivity index (χ2v) is 11.8. The van der Waals surface area contributed by atoms with E-state index in [1.54, 1.807) is 18.4 Å². The van der Waals surface area contributed by atoms with E-state index in [1.807, 2.05) is 80.6 Å². The summed E-state index contributed by atoms with van der Waals surface area (Å²) in [5.41, 5.74) is 4.45. The average Bonchev–Trinajstić information content (AvgIpc) is 3.34. The fraction of sp³-hybridized carbons (Fsp3) is 0.216. The van der Waals surface area contributed by atoms with E-state index in [4.69, 9.17) is 14.2 Å². The highest BCUT2D eigenvalue weighted by Gasteiger charge is 2.33. The molecule has 0 radical (unpaired) electrons. The molecule has 0 aliphatic carbocycles. The number of hydrogen-bond donors (Lipinski definition) is 0. The Kier molecular flexibility index (Phi) is 8.67. The molecule has 0 bridgehead atoms. The van der Waals surface area contributed by atoms with Crippen LogP contribution in [-0.2, 0) is 16.1 Å². The number of fused-ring (bicyclic) bond motifs is 2. The van der Waals surface area contributed by atoms with Crippen molar-refractivity contribution in [1.29, 1.82) is 0 Å². The maximum Gasteiger partial charge on any atom is 0.338 e. The Labute approximate surface area is 265 Å². The average molecular weight is 619 g/mol. The lowest BCUT2D eigenvalue weighted by Crippen LogP contribution is -2.39. The molecular formula is C37H34N2O5S. The number of rotatable bonds is 9. The first kappa shape index (κ1) is 30.1. The predicted octanol–water partition coefficient (Wildman–Crippen LogP) is 6.24. The summed E-state index contributed by atoms with van der Waals surface area (Å²) in [6.07, 6.45) is 1.83. The van der Waals surface area contributed by atoms with Gasteiger partial charge in [-0.2, -0.15) is 0 Å². The highest BCUT2D eigenvalue weighted by Crippen LogP contribution is 2.32. The van der Waals surface area contributed by atoms with E-state index < -0.39 is 12.0 Å². The number of carbonyl (C=O) groups is 1. The summed E-state index contributed by atoms with van der Waals surface area (Å²) in [7, 11) is 0. The third kappa shape index (κ3) is 6.06. The molecule has 0 unspecified atom stereocenters. The second kappa shape index (κ2) is 13.0. The number of aromatic nitrogens is 1. The zero-order valence-electron chi connectivity index (χ0n) is 25.7. The van der Waals surface area contributed by atoms with E-state index in [0.717, 1.165) is 33.0 Å². The Morgan fingerprint density at radius 2 is 1.69 bits per heavy atom. The fourth-order valence-electron chi connectivity index (χ4n) is 5.58. The fourth-order valence-corrected chi connectivity index (χ4v) is 6.63. The van der Waals surface area contributed by atoms with Gasteiger partial charge in [-0.05, 0) is 73.4 Å². The van der Waals surface area contributed by atoms with Crippen LogP contribution >= 0.6 is 11.3 Å². The van der Waals surface area contributed by atoms with Crippen LogP contribution in [0.25, 0.3) is 16.8 Å². The van der Waals surface area contributed by atoms with E-state index >= 15 is 0 Å². The van der Waals surface area contributed by atoms with Crippen molar-refractivity contribution < 1.29 is 19.0 Å². The van der Waals surface area contributed by atoms with Gasteiger partial charge >= 0.3 is 5.97 Å². The van der Waals surface area contributed by atoms with E-state index in [0.29, 0.717) is 45.3 Å². The molecule has 0 amide bonds. The van der Waals surface area contributed by atoms with Gasteiger partial charge in [-0.3, -0.25) is 9.36 Å². The Morgan fingerprint density at radius 3 is 2.47 bits per heavy atom. The van der Waals surface area contributed by atoms with Crippen molar-refractivity contribution in [2.45, 2.75) is 40.3 Å². The monoisotopic (exact) mass is 618 g/mol. The largest absolute Gasteiger partial charge is 0.490 e. The van der Waals surface area contributed by atoms with Crippen molar-refractivity contribution in [2.75, 3.05) is 13.2 Å². The Morgan fingerprint density at radius 1 is 0.911 bits per heavy atom. The maximum atomic E-state index is 14.0. The van der Waals surface area contributed by atoms with Crippen LogP contribution in [0, 0.1) is 6.92 Å². The first-order valence-electron chi connectivity index (χ1n) is 15.0. The van der Waals surface area contributed by atoms with E-state index in [-0.39, 0.29) is 12.2 Å². The Balaban J connectivity index is 1.37. The molecular weight excluding hydrogens is 584 g/mol. The maximum absolute atomic E-state index is 14.0. The number of ether oxygens (including phenoxy) is 3. The number of hydrogen-bond acceptors (Lipinski definition) is 7. The standard InChI is InChI=1S/C37H34N2O5S/c1-5-42-31-20-25(16-19-30(31)44-22-28-12-9-11-26-10-7-8-13-29(26)28)21-32-35(40)39-34(27-17-14-23(3)15-18-27)33(36(41)43-6-2)24(4)38-37(39)45-32/h7-21,34H,5-6,22H2,1-4H3/b32-21-/t34-/m1/s1. The number of esters is 1. The van der Waals surface area contributed by atoms with Crippen LogP contribution in [0.1, 0.15) is 49.1 Å². The minimum absolute atomic E-state index is 0.227. The molecule has 228 valence electrons. The molecule has 1 aliphatic heterocycles. The summed E-state index contributed by atoms with van der Waals surface area (Å²) >= 11 is 1.29. The predicted molar refractivity (Wildman–Crippen MR) is 177 cm³/mol. The second-order valence-electron chi connectivity index (χ2n) is 10.8. The quantitative estimate of drug-likeness (QED) is 0.183. The number of allylic oxidation sites excluding steroid dienone is 1. The molecule has 6 rings (SSSR count). The summed E-state index contributed by atoms with van der Waals surface area (Å²) in [6, 6.07) is 27.3. The highest BCUT2D eigenvalue weighted by atomic mass is 32.1. The van der Waals surface area contributed by atoms with Crippen LogP contribution in [0.3, 0.4) is 0 Å². The van der Waals surface area contributed by atoms with E-state index in [9.17, 15) is 9.59 Å². The highest BCUT2D eigenvalue weighted by molar-refractivity contribution is 7.07. The van der Waals surface area contributed by atoms with Gasteiger partial charge in [0.25, 0.3) is 5.56 Å². The zero-order valence-corrected chi connectivity index (χ0v) is 26.5. The molecule has 2 heterocycles. The Hall–Kier alpha value is -4.95. The molecule has 0 N–H and O–H groups in total. The van der Waals surface area contributed by atoms with Crippen molar-refractivity contribution >= 4 is 34.2 Å². The first-order chi connectivity index (χ1) is 21.9. The number of carbonyl (C=O) groups excluding carboxylic acids is 1. The van der Waals surface area contributed by atoms with Crippen molar-refractivity contribution in [3.63, 3.8) is 0 Å². The first-order valence-corrected chi connectivity index (χ1v) is 15.8. The molecule has 1 atom stereocenters. The molecule has 0 fully saturated rings. The molecule has 0 saturated carbocycles. The summed E-state index contributed by atoms with van der Waals surface area (Å²) in [5.74, 6) is 0.744. The molecule has 0 spiro atoms. The van der Waals surface area contributed by atoms with Gasteiger partial charge in [0.15, 0.2) is 16.3 Å². The van der Waals surface area contributed by atoms with E-state index in [1.165, 1.54) is 11.3 Å². The number of benzene rings is 4. The van der Waals surface area contributed by atoms with Crippen LogP contribution < -0.4 is 24.4 Å². The minimum Gasteiger partial charge on any atom is -0.490 e. The third-order valence-corrected chi connectivity index (χ3v) is 8.72. The smallest absolute Gasteiger partial charge is 0.338 e. The summed E-state index contributed by atoms with van der Waals surface area (Å²) < 4.78 is 19.7. The van der Waals surface area contributed by atoms with Crippen LogP contribution in [0.15, 0.2) is 106 Å². The molecule has 0 saturated heterocycles. The van der Waals surface area contributed by atoms with Gasteiger partial charge in [-0.25, -0.2) is 9.79 Å².